The number of amides is 9. The molecule has 0 unspecified atom stereocenters. The van der Waals surface area contributed by atoms with Gasteiger partial charge in [0.15, 0.2) is 5.96 Å². The lowest BCUT2D eigenvalue weighted by atomic mass is 9.99. The van der Waals surface area contributed by atoms with Crippen molar-refractivity contribution in [2.45, 2.75) is 133 Å². The summed E-state index contributed by atoms with van der Waals surface area (Å²) in [7, 11) is 0. The molecule has 16 N–H and O–H groups in total. The summed E-state index contributed by atoms with van der Waals surface area (Å²) in [5.41, 5.74) is 18.9. The number of aliphatic imine (C=N–C) groups is 1. The van der Waals surface area contributed by atoms with Crippen molar-refractivity contribution in [3.05, 3.63) is 102 Å². The summed E-state index contributed by atoms with van der Waals surface area (Å²) < 4.78 is 14.6. The van der Waals surface area contributed by atoms with Crippen molar-refractivity contribution in [1.82, 2.24) is 57.5 Å². The minimum absolute atomic E-state index is 0.0103. The number of guanidine groups is 1. The maximum atomic E-state index is 14.9. The number of primary amides is 1. The molecule has 1 aliphatic heterocycles. The van der Waals surface area contributed by atoms with Crippen LogP contribution in [0.3, 0.4) is 0 Å². The molecular formula is C54H70FN15O9. The molecule has 0 radical (unpaired) electrons. The summed E-state index contributed by atoms with van der Waals surface area (Å²) in [6.07, 6.45) is 4.97. The third kappa shape index (κ3) is 18.1. The smallest absolute Gasteiger partial charge is 0.243 e. The van der Waals surface area contributed by atoms with E-state index >= 15 is 0 Å². The number of nitrogens with zero attached hydrogens (tertiary/aromatic N) is 2. The van der Waals surface area contributed by atoms with Crippen molar-refractivity contribution in [3.8, 4) is 0 Å². The Bertz CT molecular complexity index is 3000. The Labute approximate surface area is 455 Å². The second-order valence-corrected chi connectivity index (χ2v) is 19.5. The fourth-order valence-corrected chi connectivity index (χ4v) is 9.17. The number of rotatable bonds is 17. The van der Waals surface area contributed by atoms with Gasteiger partial charge in [0.1, 0.15) is 48.1 Å². The summed E-state index contributed by atoms with van der Waals surface area (Å²) >= 11 is 0. The molecule has 24 nitrogen and oxygen atoms in total. The van der Waals surface area contributed by atoms with Gasteiger partial charge in [-0.15, -0.1) is 0 Å². The molecule has 1 aliphatic rings. The largest absolute Gasteiger partial charge is 0.370 e. The van der Waals surface area contributed by atoms with E-state index in [0.717, 1.165) is 10.8 Å². The lowest BCUT2D eigenvalue weighted by Crippen LogP contribution is -2.61. The molecule has 0 spiro atoms. The maximum Gasteiger partial charge on any atom is 0.243 e. The Morgan fingerprint density at radius 3 is 2.15 bits per heavy atom. The quantitative estimate of drug-likeness (QED) is 0.0334. The molecule has 2 aromatic heterocycles. The van der Waals surface area contributed by atoms with E-state index in [1.165, 1.54) is 37.6 Å². The van der Waals surface area contributed by atoms with Crippen LogP contribution in [-0.2, 0) is 62.4 Å². The first-order valence-corrected chi connectivity index (χ1v) is 26.3. The summed E-state index contributed by atoms with van der Waals surface area (Å²) in [6.45, 7) is 3.16. The Kier molecular flexibility index (Phi) is 21.8. The van der Waals surface area contributed by atoms with Crippen molar-refractivity contribution in [1.29, 1.82) is 0 Å². The molecular weight excluding hydrogens is 1020 g/mol. The van der Waals surface area contributed by atoms with E-state index in [1.807, 2.05) is 43.3 Å². The lowest BCUT2D eigenvalue weighted by molar-refractivity contribution is -0.136. The molecule has 422 valence electrons. The average Bonchev–Trinajstić information content (AvgIpc) is 4.15. The second-order valence-electron chi connectivity index (χ2n) is 19.5. The zero-order valence-electron chi connectivity index (χ0n) is 44.1. The number of hydrogen-bond acceptors (Lipinski definition) is 11. The molecule has 1 saturated heterocycles. The van der Waals surface area contributed by atoms with Crippen LogP contribution in [0.1, 0.15) is 88.5 Å². The van der Waals surface area contributed by atoms with Gasteiger partial charge in [-0.1, -0.05) is 62.2 Å². The monoisotopic (exact) mass is 1090 g/mol. The van der Waals surface area contributed by atoms with Crippen molar-refractivity contribution in [2.75, 3.05) is 13.1 Å². The number of benzene rings is 3. The number of fused-ring (bicyclic) bond motifs is 2. The molecule has 6 rings (SSSR count). The molecule has 5 aromatic rings. The van der Waals surface area contributed by atoms with Gasteiger partial charge in [-0.2, -0.15) is 0 Å². The lowest BCUT2D eigenvalue weighted by Gasteiger charge is -2.28. The number of unbranched alkanes of at least 4 members (excludes halogenated alkanes) is 1. The predicted octanol–water partition coefficient (Wildman–Crippen LogP) is 0.0440. The first-order chi connectivity index (χ1) is 37.9. The van der Waals surface area contributed by atoms with Gasteiger partial charge in [-0.3, -0.25) is 48.1 Å². The van der Waals surface area contributed by atoms with E-state index in [9.17, 15) is 47.5 Å². The van der Waals surface area contributed by atoms with Crippen LogP contribution in [0.15, 0.2) is 84.4 Å². The Morgan fingerprint density at radius 2 is 1.46 bits per heavy atom. The molecule has 0 saturated carbocycles. The van der Waals surface area contributed by atoms with E-state index in [-0.39, 0.29) is 76.8 Å². The van der Waals surface area contributed by atoms with E-state index < -0.39 is 108 Å². The molecule has 1 fully saturated rings. The topological polar surface area (TPSA) is 385 Å². The van der Waals surface area contributed by atoms with Gasteiger partial charge < -0.3 is 69.7 Å². The fourth-order valence-electron chi connectivity index (χ4n) is 9.17. The first-order valence-electron chi connectivity index (χ1n) is 26.3. The van der Waals surface area contributed by atoms with Crippen LogP contribution in [0.2, 0.25) is 0 Å². The predicted molar refractivity (Wildman–Crippen MR) is 291 cm³/mol. The molecule has 25 heteroatoms. The highest BCUT2D eigenvalue weighted by Gasteiger charge is 2.35. The van der Waals surface area contributed by atoms with Crippen molar-refractivity contribution >= 4 is 80.8 Å². The molecule has 9 amide bonds. The highest BCUT2D eigenvalue weighted by atomic mass is 19.1. The van der Waals surface area contributed by atoms with Crippen LogP contribution >= 0.6 is 0 Å². The summed E-state index contributed by atoms with van der Waals surface area (Å²) in [6, 6.07) is 7.11. The standard InChI is InChI=1S/C54H70FN15O9/c1-3-4-12-40(64-30(2)71)48(74)70-45-26-46(72)60-19-8-7-13-39(47(56)73)65-51(77)43(23-34-27-62-38-18-17-35(55)24-37(34)38)68-49(75)41(14-9-20-61-54(57)58)66-50(76)42(22-31-15-16-32-10-5-6-11-33(32)21-31)67-52(78)44(69-53(45)79)25-36-28-59-29-63-36/h5-6,10-11,15-18,21,24,27-29,39-45,62H,3-4,7-9,12-14,19-20,22-23,25-26H2,1-2H3,(H2,56,73)(H,59,63)(H,60,72)(H,64,71)(H,65,77)(H,66,76)(H,67,78)(H,68,75)(H,69,79)(H,70,74)(H4,57,58,61)/t39-,40-,41-,42+,43-,44-,45-/m0/s1. The second kappa shape index (κ2) is 29.0. The van der Waals surface area contributed by atoms with Crippen molar-refractivity contribution < 1.29 is 47.5 Å². The normalized spacial score (nSPS) is 20.8. The van der Waals surface area contributed by atoms with E-state index in [0.29, 0.717) is 40.6 Å². The zero-order valence-corrected chi connectivity index (χ0v) is 44.1. The van der Waals surface area contributed by atoms with Crippen molar-refractivity contribution in [2.24, 2.45) is 22.2 Å². The Hall–Kier alpha value is -8.90. The van der Waals surface area contributed by atoms with Gasteiger partial charge in [0.2, 0.25) is 53.2 Å². The van der Waals surface area contributed by atoms with E-state index in [2.05, 4.69) is 62.5 Å². The Balaban J connectivity index is 1.41. The first kappa shape index (κ1) is 59.3. The van der Waals surface area contributed by atoms with Crippen LogP contribution in [0, 0.1) is 5.82 Å². The number of aromatic amines is 2. The number of nitrogens with one attached hydrogen (secondary N) is 10. The number of nitrogens with two attached hydrogens (primary N) is 3. The van der Waals surface area contributed by atoms with Gasteiger partial charge in [0, 0.05) is 68.3 Å². The molecule has 0 bridgehead atoms. The molecule has 3 heterocycles. The fraction of sp³-hybridized carbons (Fsp3) is 0.426. The summed E-state index contributed by atoms with van der Waals surface area (Å²) in [5, 5.41) is 23.6. The third-order valence-corrected chi connectivity index (χ3v) is 13.3. The van der Waals surface area contributed by atoms with Crippen LogP contribution in [0.5, 0.6) is 0 Å². The minimum Gasteiger partial charge on any atom is -0.370 e. The van der Waals surface area contributed by atoms with Gasteiger partial charge >= 0.3 is 0 Å². The number of carbonyl (C=O) groups excluding carboxylic acids is 9. The van der Waals surface area contributed by atoms with Crippen LogP contribution in [0.4, 0.5) is 4.39 Å². The number of H-pyrrole nitrogens is 2. The van der Waals surface area contributed by atoms with Crippen LogP contribution in [0.25, 0.3) is 21.7 Å². The van der Waals surface area contributed by atoms with Gasteiger partial charge in [-0.25, -0.2) is 9.37 Å². The molecule has 3 aromatic carbocycles. The van der Waals surface area contributed by atoms with Gasteiger partial charge in [-0.05, 0) is 78.6 Å². The number of halogens is 1. The number of carbonyl (C=O) groups is 9. The zero-order chi connectivity index (χ0) is 57.0. The average molecular weight is 1090 g/mol. The van der Waals surface area contributed by atoms with Crippen LogP contribution in [-0.4, -0.2) is 129 Å². The highest BCUT2D eigenvalue weighted by molar-refractivity contribution is 5.99. The molecule has 79 heavy (non-hydrogen) atoms. The number of imidazole rings is 1. The minimum atomic E-state index is -1.61. The SMILES string of the molecule is CCCC[C@H](NC(C)=O)C(=O)N[C@H]1CC(=O)NCCCC[C@@H](C(N)=O)NC(=O)[C@H](Cc2c[nH]c3ccc(F)cc23)NC(=O)[C@H](CCCN=C(N)N)NC(=O)[C@@H](Cc2ccc3ccccc3c2)NC(=O)[C@H](Cc2cnc[nH]2)NC1=O. The van der Waals surface area contributed by atoms with Crippen LogP contribution < -0.4 is 59.7 Å². The molecule has 0 aliphatic carbocycles. The summed E-state index contributed by atoms with van der Waals surface area (Å²) in [5.74, 6) is -8.06. The van der Waals surface area contributed by atoms with Crippen molar-refractivity contribution in [3.63, 3.8) is 0 Å². The Morgan fingerprint density at radius 1 is 0.772 bits per heavy atom. The third-order valence-electron chi connectivity index (χ3n) is 13.3. The molecule has 7 atom stereocenters. The van der Waals surface area contributed by atoms with E-state index in [1.54, 1.807) is 12.3 Å². The van der Waals surface area contributed by atoms with E-state index in [4.69, 9.17) is 17.2 Å². The summed E-state index contributed by atoms with van der Waals surface area (Å²) in [4.78, 5) is 140. The maximum absolute atomic E-state index is 14.9. The van der Waals surface area contributed by atoms with Gasteiger partial charge in [0.25, 0.3) is 0 Å². The van der Waals surface area contributed by atoms with Gasteiger partial charge in [0.05, 0.1) is 12.7 Å². The number of aromatic nitrogens is 3. The highest BCUT2D eigenvalue weighted by Crippen LogP contribution is 2.22. The number of hydrogen-bond donors (Lipinski definition) is 13.